The number of hydrogen-bond acceptors (Lipinski definition) is 4. The highest BCUT2D eigenvalue weighted by atomic mass is 16.5. The predicted octanol–water partition coefficient (Wildman–Crippen LogP) is 3.37. The second-order valence-corrected chi connectivity index (χ2v) is 6.62. The zero-order valence-electron chi connectivity index (χ0n) is 15.1. The first kappa shape index (κ1) is 18.4. The quantitative estimate of drug-likeness (QED) is 0.548. The van der Waals surface area contributed by atoms with Crippen LogP contribution in [0.1, 0.15) is 24.2 Å². The minimum atomic E-state index is -1.14. The number of imide groups is 1. The topological polar surface area (TPSA) is 98.5 Å². The molecule has 3 N–H and O–H groups in total. The van der Waals surface area contributed by atoms with Gasteiger partial charge in [0.15, 0.2) is 6.10 Å². The third-order valence-electron chi connectivity index (χ3n) is 4.32. The summed E-state index contributed by atoms with van der Waals surface area (Å²) in [4.78, 5) is 36.3. The van der Waals surface area contributed by atoms with Crippen molar-refractivity contribution in [3.05, 3.63) is 60.2 Å². The molecule has 6 nitrogen and oxygen atoms in total. The fourth-order valence-corrected chi connectivity index (χ4v) is 3.09. The van der Waals surface area contributed by atoms with Gasteiger partial charge in [-0.25, -0.2) is 9.59 Å². The number of amides is 3. The molecule has 6 heteroatoms. The Kier molecular flexibility index (Phi) is 5.07. The van der Waals surface area contributed by atoms with Gasteiger partial charge in [-0.3, -0.25) is 10.1 Å². The lowest BCUT2D eigenvalue weighted by molar-refractivity contribution is -0.130. The minimum absolute atomic E-state index is 0.338. The van der Waals surface area contributed by atoms with Gasteiger partial charge in [0.05, 0.1) is 5.56 Å². The van der Waals surface area contributed by atoms with Crippen LogP contribution in [-0.2, 0) is 9.53 Å². The molecule has 0 aromatic heterocycles. The number of carbonyl (C=O) groups excluding carboxylic acids is 3. The Morgan fingerprint density at radius 3 is 1.93 bits per heavy atom. The van der Waals surface area contributed by atoms with E-state index < -0.39 is 24.0 Å². The second kappa shape index (κ2) is 7.45. The van der Waals surface area contributed by atoms with Crippen molar-refractivity contribution in [2.45, 2.75) is 20.0 Å². The summed E-state index contributed by atoms with van der Waals surface area (Å²) in [7, 11) is 0. The molecule has 3 aromatic carbocycles. The Hall–Kier alpha value is -3.41. The van der Waals surface area contributed by atoms with Gasteiger partial charge < -0.3 is 10.5 Å². The van der Waals surface area contributed by atoms with Gasteiger partial charge in [-0.2, -0.15) is 0 Å². The number of urea groups is 1. The first-order valence-corrected chi connectivity index (χ1v) is 8.60. The Morgan fingerprint density at radius 1 is 0.926 bits per heavy atom. The van der Waals surface area contributed by atoms with Crippen molar-refractivity contribution in [3.63, 3.8) is 0 Å². The summed E-state index contributed by atoms with van der Waals surface area (Å²) in [5, 5.41) is 5.24. The van der Waals surface area contributed by atoms with Crippen LogP contribution in [0.5, 0.6) is 0 Å². The molecule has 0 fully saturated rings. The van der Waals surface area contributed by atoms with E-state index in [1.165, 1.54) is 0 Å². The maximum Gasteiger partial charge on any atom is 0.340 e. The van der Waals surface area contributed by atoms with E-state index in [2.05, 4.69) is 0 Å². The first-order chi connectivity index (χ1) is 12.9. The molecule has 0 radical (unpaired) electrons. The molecule has 1 atom stereocenters. The SMILES string of the molecule is CC(C)[C@@H](OC(=O)c1c2ccccc2cc2ccccc12)C(=O)NC(N)=O. The zero-order chi connectivity index (χ0) is 19.6. The number of carbonyl (C=O) groups is 3. The van der Waals surface area contributed by atoms with Gasteiger partial charge >= 0.3 is 12.0 Å². The second-order valence-electron chi connectivity index (χ2n) is 6.62. The van der Waals surface area contributed by atoms with Crippen LogP contribution in [0.2, 0.25) is 0 Å². The van der Waals surface area contributed by atoms with E-state index in [4.69, 9.17) is 10.5 Å². The maximum atomic E-state index is 13.1. The van der Waals surface area contributed by atoms with Gasteiger partial charge in [0.1, 0.15) is 0 Å². The molecule has 0 bridgehead atoms. The van der Waals surface area contributed by atoms with E-state index in [1.807, 2.05) is 59.9 Å². The van der Waals surface area contributed by atoms with Crippen molar-refractivity contribution < 1.29 is 19.1 Å². The van der Waals surface area contributed by atoms with Gasteiger partial charge in [0.2, 0.25) is 0 Å². The monoisotopic (exact) mass is 364 g/mol. The van der Waals surface area contributed by atoms with Crippen LogP contribution >= 0.6 is 0 Å². The number of hydrogen-bond donors (Lipinski definition) is 2. The van der Waals surface area contributed by atoms with Crippen LogP contribution in [0, 0.1) is 5.92 Å². The smallest absolute Gasteiger partial charge is 0.340 e. The standard InChI is InChI=1S/C21H20N2O4/c1-12(2)18(19(24)23-21(22)26)27-20(25)17-15-9-5-3-7-13(15)11-14-8-4-6-10-16(14)17/h3-12,18H,1-2H3,(H3,22,23,24,26)/t18-/m1/s1. The van der Waals surface area contributed by atoms with Crippen molar-refractivity contribution in [3.8, 4) is 0 Å². The molecule has 138 valence electrons. The lowest BCUT2D eigenvalue weighted by atomic mass is 9.96. The van der Waals surface area contributed by atoms with Gasteiger partial charge in [0.25, 0.3) is 5.91 Å². The fourth-order valence-electron chi connectivity index (χ4n) is 3.09. The maximum absolute atomic E-state index is 13.1. The van der Waals surface area contributed by atoms with E-state index >= 15 is 0 Å². The largest absolute Gasteiger partial charge is 0.448 e. The molecule has 0 aliphatic heterocycles. The van der Waals surface area contributed by atoms with E-state index in [0.717, 1.165) is 21.5 Å². The molecule has 0 saturated heterocycles. The summed E-state index contributed by atoms with van der Waals surface area (Å²) >= 11 is 0. The molecule has 0 heterocycles. The molecule has 27 heavy (non-hydrogen) atoms. The number of rotatable bonds is 4. The van der Waals surface area contributed by atoms with Crippen LogP contribution in [0.4, 0.5) is 4.79 Å². The van der Waals surface area contributed by atoms with E-state index in [-0.39, 0.29) is 5.92 Å². The normalized spacial score (nSPS) is 12.1. The van der Waals surface area contributed by atoms with Crippen LogP contribution in [0.3, 0.4) is 0 Å². The number of esters is 1. The van der Waals surface area contributed by atoms with Gasteiger partial charge in [-0.1, -0.05) is 62.4 Å². The molecule has 0 aliphatic carbocycles. The van der Waals surface area contributed by atoms with Crippen LogP contribution in [0.15, 0.2) is 54.6 Å². The highest BCUT2D eigenvalue weighted by Crippen LogP contribution is 2.29. The third-order valence-corrected chi connectivity index (χ3v) is 4.32. The Bertz CT molecular complexity index is 989. The number of fused-ring (bicyclic) bond motifs is 2. The highest BCUT2D eigenvalue weighted by molar-refractivity contribution is 6.17. The number of ether oxygens (including phenoxy) is 1. The Labute approximate surface area is 156 Å². The van der Waals surface area contributed by atoms with Crippen LogP contribution in [-0.4, -0.2) is 24.0 Å². The number of nitrogens with one attached hydrogen (secondary N) is 1. The fraction of sp³-hybridized carbons (Fsp3) is 0.190. The number of primary amides is 1. The summed E-state index contributed by atoms with van der Waals surface area (Å²) in [6, 6.07) is 16.0. The van der Waals surface area contributed by atoms with Crippen LogP contribution in [0.25, 0.3) is 21.5 Å². The zero-order valence-corrected chi connectivity index (χ0v) is 15.1. The summed E-state index contributed by atoms with van der Waals surface area (Å²) in [6.45, 7) is 3.44. The van der Waals surface area contributed by atoms with Gasteiger partial charge in [-0.15, -0.1) is 0 Å². The summed E-state index contributed by atoms with van der Waals surface area (Å²) in [5.74, 6) is -1.70. The summed E-state index contributed by atoms with van der Waals surface area (Å²) in [5.41, 5.74) is 5.40. The molecule has 3 aromatic rings. The van der Waals surface area contributed by atoms with E-state index in [0.29, 0.717) is 5.56 Å². The highest BCUT2D eigenvalue weighted by Gasteiger charge is 2.29. The molecule has 0 saturated carbocycles. The van der Waals surface area contributed by atoms with Gasteiger partial charge in [0, 0.05) is 0 Å². The average Bonchev–Trinajstić information content (AvgIpc) is 2.62. The molecular formula is C21H20N2O4. The van der Waals surface area contributed by atoms with E-state index in [1.54, 1.807) is 13.8 Å². The first-order valence-electron chi connectivity index (χ1n) is 8.60. The lowest BCUT2D eigenvalue weighted by Crippen LogP contribution is -2.45. The molecule has 3 amide bonds. The van der Waals surface area contributed by atoms with Crippen molar-refractivity contribution in [1.82, 2.24) is 5.32 Å². The number of benzene rings is 3. The van der Waals surface area contributed by atoms with Crippen molar-refractivity contribution in [1.29, 1.82) is 0 Å². The predicted molar refractivity (Wildman–Crippen MR) is 103 cm³/mol. The van der Waals surface area contributed by atoms with Crippen molar-refractivity contribution >= 4 is 39.5 Å². The Balaban J connectivity index is 2.08. The minimum Gasteiger partial charge on any atom is -0.448 e. The molecule has 0 spiro atoms. The number of nitrogens with two attached hydrogens (primary N) is 1. The molecule has 3 rings (SSSR count). The van der Waals surface area contributed by atoms with E-state index in [9.17, 15) is 14.4 Å². The molecule has 0 aliphatic rings. The average molecular weight is 364 g/mol. The van der Waals surface area contributed by atoms with Crippen molar-refractivity contribution in [2.24, 2.45) is 11.7 Å². The van der Waals surface area contributed by atoms with Crippen molar-refractivity contribution in [2.75, 3.05) is 0 Å². The van der Waals surface area contributed by atoms with Gasteiger partial charge in [-0.05, 0) is 33.5 Å². The molecule has 0 unspecified atom stereocenters. The molecular weight excluding hydrogens is 344 g/mol. The summed E-state index contributed by atoms with van der Waals surface area (Å²) < 4.78 is 5.52. The lowest BCUT2D eigenvalue weighted by Gasteiger charge is -2.21. The van der Waals surface area contributed by atoms with Crippen LogP contribution < -0.4 is 11.1 Å². The Morgan fingerprint density at radius 2 is 1.44 bits per heavy atom. The summed E-state index contributed by atoms with van der Waals surface area (Å²) in [6.07, 6.45) is -1.14. The third kappa shape index (κ3) is 3.74.